The molecule has 4 heteroatoms. The summed E-state index contributed by atoms with van der Waals surface area (Å²) in [6, 6.07) is 0. The molecule has 60 valence electrons. The fraction of sp³-hybridized carbons (Fsp3) is 0.429. The van der Waals surface area contributed by atoms with E-state index in [4.69, 9.17) is 21.6 Å². The van der Waals surface area contributed by atoms with Crippen LogP contribution >= 0.6 is 11.6 Å². The van der Waals surface area contributed by atoms with Crippen LogP contribution in [0.15, 0.2) is 22.7 Å². The van der Waals surface area contributed by atoms with Gasteiger partial charge in [-0.25, -0.2) is 0 Å². The Kier molecular flexibility index (Phi) is 2.76. The molecule has 0 spiro atoms. The van der Waals surface area contributed by atoms with Crippen LogP contribution in [0.3, 0.4) is 0 Å². The zero-order chi connectivity index (χ0) is 8.43. The molecule has 0 amide bonds. The fourth-order valence-corrected chi connectivity index (χ4v) is 1.20. The summed E-state index contributed by atoms with van der Waals surface area (Å²) < 4.78 is 0. The maximum Gasteiger partial charge on any atom is 0.484 e. The van der Waals surface area contributed by atoms with Gasteiger partial charge in [-0.15, -0.1) is 0 Å². The molecule has 11 heavy (non-hydrogen) atoms. The molecule has 0 saturated carbocycles. The summed E-state index contributed by atoms with van der Waals surface area (Å²) in [4.78, 5) is 0. The van der Waals surface area contributed by atoms with E-state index in [0.29, 0.717) is 11.9 Å². The van der Waals surface area contributed by atoms with Crippen molar-refractivity contribution in [1.29, 1.82) is 0 Å². The summed E-state index contributed by atoms with van der Waals surface area (Å²) in [7, 11) is -1.33. The average molecular weight is 172 g/mol. The van der Waals surface area contributed by atoms with Crippen molar-refractivity contribution in [2.24, 2.45) is 5.92 Å². The lowest BCUT2D eigenvalue weighted by Gasteiger charge is -2.16. The zero-order valence-corrected chi connectivity index (χ0v) is 7.04. The van der Waals surface area contributed by atoms with Gasteiger partial charge in [0.25, 0.3) is 0 Å². The van der Waals surface area contributed by atoms with Gasteiger partial charge in [-0.3, -0.25) is 0 Å². The van der Waals surface area contributed by atoms with Crippen molar-refractivity contribution in [3.8, 4) is 0 Å². The highest BCUT2D eigenvalue weighted by molar-refractivity contribution is 6.51. The van der Waals surface area contributed by atoms with Crippen LogP contribution in [0, 0.1) is 5.92 Å². The molecule has 1 aliphatic rings. The first-order valence-corrected chi connectivity index (χ1v) is 3.91. The minimum Gasteiger partial charge on any atom is -0.423 e. The minimum atomic E-state index is -1.33. The van der Waals surface area contributed by atoms with Crippen molar-refractivity contribution in [1.82, 2.24) is 0 Å². The Bertz CT molecular complexity index is 210. The molecule has 2 N–H and O–H groups in total. The molecule has 0 heterocycles. The lowest BCUT2D eigenvalue weighted by Crippen LogP contribution is -2.19. The summed E-state index contributed by atoms with van der Waals surface area (Å²) in [6.45, 7) is 1.95. The van der Waals surface area contributed by atoms with Gasteiger partial charge in [0.2, 0.25) is 0 Å². The zero-order valence-electron chi connectivity index (χ0n) is 6.29. The molecular weight excluding hydrogens is 162 g/mol. The van der Waals surface area contributed by atoms with E-state index >= 15 is 0 Å². The largest absolute Gasteiger partial charge is 0.484 e. The first-order chi connectivity index (χ1) is 5.11. The third kappa shape index (κ3) is 2.09. The molecule has 1 atom stereocenters. The van der Waals surface area contributed by atoms with E-state index in [-0.39, 0.29) is 5.92 Å². The molecular formula is C7H10BClO2. The first kappa shape index (κ1) is 8.85. The summed E-state index contributed by atoms with van der Waals surface area (Å²) in [5.41, 5.74) is 0.627. The van der Waals surface area contributed by atoms with Crippen molar-refractivity contribution in [3.63, 3.8) is 0 Å². The van der Waals surface area contributed by atoms with E-state index in [2.05, 4.69) is 0 Å². The molecule has 1 rings (SSSR count). The second-order valence-corrected chi connectivity index (χ2v) is 3.21. The van der Waals surface area contributed by atoms with Crippen LogP contribution in [0.4, 0.5) is 0 Å². The van der Waals surface area contributed by atoms with Gasteiger partial charge < -0.3 is 10.0 Å². The van der Waals surface area contributed by atoms with Crippen molar-refractivity contribution >= 4 is 18.7 Å². The van der Waals surface area contributed by atoms with Crippen LogP contribution in [0.2, 0.25) is 0 Å². The predicted molar refractivity (Wildman–Crippen MR) is 46.0 cm³/mol. The quantitative estimate of drug-likeness (QED) is 0.581. The summed E-state index contributed by atoms with van der Waals surface area (Å²) in [6.07, 6.45) is 4.00. The third-order valence-electron chi connectivity index (χ3n) is 1.80. The Morgan fingerprint density at radius 3 is 2.64 bits per heavy atom. The lowest BCUT2D eigenvalue weighted by atomic mass is 9.73. The van der Waals surface area contributed by atoms with Gasteiger partial charge in [0.15, 0.2) is 0 Å². The highest BCUT2D eigenvalue weighted by Gasteiger charge is 2.20. The van der Waals surface area contributed by atoms with Crippen LogP contribution in [0.5, 0.6) is 0 Å². The molecule has 0 fully saturated rings. The van der Waals surface area contributed by atoms with Crippen LogP contribution in [0.1, 0.15) is 13.3 Å². The van der Waals surface area contributed by atoms with Gasteiger partial charge in [-0.05, 0) is 23.9 Å². The van der Waals surface area contributed by atoms with E-state index in [0.717, 1.165) is 5.03 Å². The molecule has 0 aromatic carbocycles. The van der Waals surface area contributed by atoms with E-state index < -0.39 is 7.12 Å². The Balaban J connectivity index is 2.73. The lowest BCUT2D eigenvalue weighted by molar-refractivity contribution is 0.413. The van der Waals surface area contributed by atoms with Crippen LogP contribution in [-0.2, 0) is 0 Å². The Morgan fingerprint density at radius 2 is 2.18 bits per heavy atom. The highest BCUT2D eigenvalue weighted by atomic mass is 35.5. The maximum absolute atomic E-state index is 8.80. The van der Waals surface area contributed by atoms with E-state index in [1.807, 2.05) is 6.92 Å². The standard InChI is InChI=1S/C7H10BClO2/c1-5-4-6(8(10)11)2-3-7(5)9/h2-3,5,10-11H,4H2,1H3. The van der Waals surface area contributed by atoms with E-state index in [1.165, 1.54) is 0 Å². The van der Waals surface area contributed by atoms with Gasteiger partial charge in [-0.2, -0.15) is 0 Å². The number of hydrogen-bond donors (Lipinski definition) is 2. The smallest absolute Gasteiger partial charge is 0.423 e. The summed E-state index contributed by atoms with van der Waals surface area (Å²) >= 11 is 5.79. The molecule has 2 nitrogen and oxygen atoms in total. The van der Waals surface area contributed by atoms with E-state index in [9.17, 15) is 0 Å². The SMILES string of the molecule is CC1CC(B(O)O)=CC=C1Cl. The van der Waals surface area contributed by atoms with Crippen molar-refractivity contribution in [2.75, 3.05) is 0 Å². The minimum absolute atomic E-state index is 0.207. The Hall–Kier alpha value is -0.245. The van der Waals surface area contributed by atoms with Gasteiger partial charge in [0.1, 0.15) is 0 Å². The van der Waals surface area contributed by atoms with Crippen molar-refractivity contribution < 1.29 is 10.0 Å². The monoisotopic (exact) mass is 172 g/mol. The maximum atomic E-state index is 8.80. The molecule has 1 unspecified atom stereocenters. The van der Waals surface area contributed by atoms with Gasteiger partial charge in [0.05, 0.1) is 0 Å². The first-order valence-electron chi connectivity index (χ1n) is 3.53. The summed E-state index contributed by atoms with van der Waals surface area (Å²) in [5, 5.41) is 18.4. The molecule has 0 saturated heterocycles. The second-order valence-electron chi connectivity index (χ2n) is 2.77. The van der Waals surface area contributed by atoms with E-state index in [1.54, 1.807) is 12.2 Å². The topological polar surface area (TPSA) is 40.5 Å². The average Bonchev–Trinajstić information content (AvgIpc) is 1.94. The predicted octanol–water partition coefficient (Wildman–Crippen LogP) is 1.09. The second kappa shape index (κ2) is 3.43. The van der Waals surface area contributed by atoms with Gasteiger partial charge in [-0.1, -0.05) is 24.6 Å². The molecule has 0 aromatic heterocycles. The molecule has 0 radical (unpaired) electrons. The Labute approximate surface area is 71.3 Å². The van der Waals surface area contributed by atoms with Crippen LogP contribution in [-0.4, -0.2) is 17.2 Å². The fourth-order valence-electron chi connectivity index (χ4n) is 1.06. The van der Waals surface area contributed by atoms with Crippen molar-refractivity contribution in [2.45, 2.75) is 13.3 Å². The number of hydrogen-bond acceptors (Lipinski definition) is 2. The third-order valence-corrected chi connectivity index (χ3v) is 2.30. The molecule has 0 bridgehead atoms. The molecule has 1 aliphatic carbocycles. The van der Waals surface area contributed by atoms with Crippen LogP contribution in [0.25, 0.3) is 0 Å². The Morgan fingerprint density at radius 1 is 1.55 bits per heavy atom. The summed E-state index contributed by atoms with van der Waals surface area (Å²) in [5.74, 6) is 0.207. The van der Waals surface area contributed by atoms with Crippen LogP contribution < -0.4 is 0 Å². The van der Waals surface area contributed by atoms with Gasteiger partial charge in [0, 0.05) is 5.03 Å². The number of rotatable bonds is 1. The molecule has 0 aliphatic heterocycles. The van der Waals surface area contributed by atoms with Gasteiger partial charge >= 0.3 is 7.12 Å². The molecule has 0 aromatic rings. The number of allylic oxidation sites excluding steroid dienone is 4. The highest BCUT2D eigenvalue weighted by Crippen LogP contribution is 2.27. The number of halogens is 1. The van der Waals surface area contributed by atoms with Crippen molar-refractivity contribution in [3.05, 3.63) is 22.7 Å². The normalized spacial score (nSPS) is 24.2.